The number of ether oxygens (including phenoxy) is 3. The van der Waals surface area contributed by atoms with Gasteiger partial charge in [-0.15, -0.1) is 0 Å². The van der Waals surface area contributed by atoms with Gasteiger partial charge in [-0.2, -0.15) is 0 Å². The molecular formula is C54H77FO7. The molecule has 8 heteroatoms. The summed E-state index contributed by atoms with van der Waals surface area (Å²) < 4.78 is 33.7. The maximum absolute atomic E-state index is 16.1. The van der Waals surface area contributed by atoms with Crippen molar-refractivity contribution in [3.8, 4) is 16.9 Å². The summed E-state index contributed by atoms with van der Waals surface area (Å²) in [6, 6.07) is 10.5. The molecule has 2 N–H and O–H groups in total. The van der Waals surface area contributed by atoms with Crippen molar-refractivity contribution in [3.05, 3.63) is 94.9 Å². The molecule has 0 spiro atoms. The van der Waals surface area contributed by atoms with Gasteiger partial charge in [0.1, 0.15) is 11.6 Å². The molecule has 0 saturated heterocycles. The average Bonchev–Trinajstić information content (AvgIpc) is 3.28. The van der Waals surface area contributed by atoms with Crippen molar-refractivity contribution >= 4 is 17.5 Å². The number of aliphatic hydroxyl groups is 2. The second kappa shape index (κ2) is 25.9. The second-order valence-corrected chi connectivity index (χ2v) is 18.2. The molecular weight excluding hydrogens is 780 g/mol. The number of hydrogen-bond acceptors (Lipinski definition) is 7. The monoisotopic (exact) mass is 857 g/mol. The fourth-order valence-corrected chi connectivity index (χ4v) is 9.19. The van der Waals surface area contributed by atoms with Crippen LogP contribution in [-0.4, -0.2) is 55.2 Å². The number of esters is 2. The van der Waals surface area contributed by atoms with Crippen molar-refractivity contribution in [3.63, 3.8) is 0 Å². The summed E-state index contributed by atoms with van der Waals surface area (Å²) in [5, 5.41) is 20.7. The van der Waals surface area contributed by atoms with Gasteiger partial charge in [0.05, 0.1) is 33.0 Å². The fraction of sp³-hybridized carbons (Fsp3) is 0.593. The van der Waals surface area contributed by atoms with Crippen molar-refractivity contribution in [1.29, 1.82) is 0 Å². The number of hydrogen-bond donors (Lipinski definition) is 2. The predicted molar refractivity (Wildman–Crippen MR) is 251 cm³/mol. The molecule has 1 fully saturated rings. The summed E-state index contributed by atoms with van der Waals surface area (Å²) >= 11 is 0. The zero-order valence-corrected chi connectivity index (χ0v) is 38.8. The molecule has 62 heavy (non-hydrogen) atoms. The van der Waals surface area contributed by atoms with Crippen LogP contribution in [0, 0.1) is 23.2 Å². The molecule has 2 aromatic carbocycles. The van der Waals surface area contributed by atoms with E-state index in [4.69, 9.17) is 14.2 Å². The Morgan fingerprint density at radius 1 is 0.758 bits per heavy atom. The van der Waals surface area contributed by atoms with Crippen LogP contribution in [0.25, 0.3) is 16.7 Å². The lowest BCUT2D eigenvalue weighted by molar-refractivity contribution is -0.139. The number of rotatable bonds is 27. The minimum Gasteiger partial charge on any atom is -0.493 e. The van der Waals surface area contributed by atoms with E-state index in [1.807, 2.05) is 12.1 Å². The molecule has 0 aromatic heterocycles. The average molecular weight is 857 g/mol. The molecule has 0 heterocycles. The summed E-state index contributed by atoms with van der Waals surface area (Å²) in [6.07, 6.45) is 21.0. The van der Waals surface area contributed by atoms with E-state index in [0.717, 1.165) is 65.0 Å². The molecule has 2 aliphatic carbocycles. The van der Waals surface area contributed by atoms with Gasteiger partial charge in [0.2, 0.25) is 0 Å². The first kappa shape index (κ1) is 50.6. The Balaban J connectivity index is 1.65. The van der Waals surface area contributed by atoms with Gasteiger partial charge in [-0.3, -0.25) is 0 Å². The third-order valence-electron chi connectivity index (χ3n) is 13.2. The SMILES string of the molecule is C=C(C)C(=O)OCCCc1cc(-c2ccc(C3=CCC(C4CCC(CCCCC)CC4)C=C3F)cc2CC)cc(CCCOC(=O)C(=C)C)c1OCCC(CO)(CO)CCCC. The third-order valence-corrected chi connectivity index (χ3v) is 13.2. The van der Waals surface area contributed by atoms with Crippen LogP contribution in [0.4, 0.5) is 4.39 Å². The van der Waals surface area contributed by atoms with E-state index in [9.17, 15) is 19.8 Å². The predicted octanol–water partition coefficient (Wildman–Crippen LogP) is 12.6. The Hall–Kier alpha value is -4.01. The Labute approximate surface area is 372 Å². The number of aryl methyl sites for hydroxylation is 3. The van der Waals surface area contributed by atoms with Gasteiger partial charge in [-0.25, -0.2) is 14.0 Å². The molecule has 0 radical (unpaired) electrons. The van der Waals surface area contributed by atoms with Crippen molar-refractivity contribution in [2.45, 2.75) is 150 Å². The molecule has 2 aliphatic rings. The van der Waals surface area contributed by atoms with Crippen molar-refractivity contribution in [1.82, 2.24) is 0 Å². The Morgan fingerprint density at radius 3 is 1.89 bits per heavy atom. The highest BCUT2D eigenvalue weighted by Crippen LogP contribution is 2.43. The van der Waals surface area contributed by atoms with Crippen LogP contribution >= 0.6 is 0 Å². The summed E-state index contributed by atoms with van der Waals surface area (Å²) in [4.78, 5) is 24.5. The van der Waals surface area contributed by atoms with Crippen molar-refractivity contribution in [2.75, 3.05) is 33.0 Å². The number of aliphatic hydroxyl groups excluding tert-OH is 2. The fourth-order valence-electron chi connectivity index (χ4n) is 9.19. The Kier molecular flexibility index (Phi) is 21.2. The standard InChI is InChI=1S/C54H77FO7/c1-8-11-13-16-40-19-21-42(22-20-40)43-23-26-49(50(55)35-43)44-24-25-48(41(10-3)32-44)47-33-45(17-14-29-61-52(58)38(4)5)51(46(34-47)18-15-30-62-53(59)39(6)7)60-31-28-54(36-56,37-57)27-12-9-2/h24-26,32-35,40,42-43,56-57H,4,6,8-23,27-31,36-37H2,1-3,5,7H3. The lowest BCUT2D eigenvalue weighted by Gasteiger charge is -2.33. The number of benzene rings is 2. The summed E-state index contributed by atoms with van der Waals surface area (Å²) in [5.74, 6) is 1.37. The lowest BCUT2D eigenvalue weighted by Crippen LogP contribution is -2.32. The molecule has 0 amide bonds. The Bertz CT molecular complexity index is 1790. The van der Waals surface area contributed by atoms with Crippen LogP contribution in [0.2, 0.25) is 0 Å². The summed E-state index contributed by atoms with van der Waals surface area (Å²) in [6.45, 7) is 17.6. The zero-order chi connectivity index (χ0) is 45.1. The highest BCUT2D eigenvalue weighted by molar-refractivity contribution is 5.87. The molecule has 1 saturated carbocycles. The maximum atomic E-state index is 16.1. The lowest BCUT2D eigenvalue weighted by atomic mass is 9.72. The molecule has 0 aliphatic heterocycles. The quantitative estimate of drug-likeness (QED) is 0.0524. The zero-order valence-electron chi connectivity index (χ0n) is 38.8. The Morgan fingerprint density at radius 2 is 1.35 bits per heavy atom. The molecule has 0 bridgehead atoms. The number of halogens is 1. The van der Waals surface area contributed by atoms with Gasteiger partial charge in [-0.05, 0) is 147 Å². The largest absolute Gasteiger partial charge is 0.493 e. The summed E-state index contributed by atoms with van der Waals surface area (Å²) in [7, 11) is 0. The first-order valence-electron chi connectivity index (χ1n) is 23.8. The van der Waals surface area contributed by atoms with Crippen LogP contribution in [0.3, 0.4) is 0 Å². The number of allylic oxidation sites excluding steroid dienone is 4. The van der Waals surface area contributed by atoms with E-state index >= 15 is 4.39 Å². The van der Waals surface area contributed by atoms with Crippen LogP contribution in [-0.2, 0) is 38.3 Å². The van der Waals surface area contributed by atoms with Crippen molar-refractivity contribution < 1.29 is 38.4 Å². The molecule has 1 unspecified atom stereocenters. The first-order chi connectivity index (χ1) is 29.9. The van der Waals surface area contributed by atoms with Gasteiger partial charge >= 0.3 is 11.9 Å². The third kappa shape index (κ3) is 14.8. The smallest absolute Gasteiger partial charge is 0.333 e. The summed E-state index contributed by atoms with van der Waals surface area (Å²) in [5.41, 5.74) is 6.60. The van der Waals surface area contributed by atoms with Crippen LogP contribution in [0.1, 0.15) is 153 Å². The molecule has 7 nitrogen and oxygen atoms in total. The van der Waals surface area contributed by atoms with E-state index < -0.39 is 17.4 Å². The maximum Gasteiger partial charge on any atom is 0.333 e. The van der Waals surface area contributed by atoms with E-state index in [2.05, 4.69) is 64.3 Å². The minimum absolute atomic E-state index is 0.118. The molecule has 4 rings (SSSR count). The number of carbonyl (C=O) groups excluding carboxylic acids is 2. The van der Waals surface area contributed by atoms with Gasteiger partial charge in [0, 0.05) is 22.1 Å². The number of carbonyl (C=O) groups is 2. The molecule has 342 valence electrons. The normalized spacial score (nSPS) is 17.8. The highest BCUT2D eigenvalue weighted by Gasteiger charge is 2.30. The van der Waals surface area contributed by atoms with Gasteiger partial charge in [0.25, 0.3) is 0 Å². The van der Waals surface area contributed by atoms with Crippen molar-refractivity contribution in [2.24, 2.45) is 23.2 Å². The van der Waals surface area contributed by atoms with Gasteiger partial charge in [-0.1, -0.05) is 110 Å². The highest BCUT2D eigenvalue weighted by atomic mass is 19.1. The van der Waals surface area contributed by atoms with E-state index in [1.54, 1.807) is 13.8 Å². The minimum atomic E-state index is -0.655. The van der Waals surface area contributed by atoms with Crippen LogP contribution in [0.5, 0.6) is 5.75 Å². The van der Waals surface area contributed by atoms with Crippen LogP contribution in [0.15, 0.2) is 72.6 Å². The van der Waals surface area contributed by atoms with Gasteiger partial charge in [0.15, 0.2) is 0 Å². The van der Waals surface area contributed by atoms with E-state index in [1.165, 1.54) is 51.4 Å². The molecule has 1 atom stereocenters. The molecule has 2 aromatic rings. The van der Waals surface area contributed by atoms with Crippen LogP contribution < -0.4 is 4.74 Å². The topological polar surface area (TPSA) is 102 Å². The van der Waals surface area contributed by atoms with E-state index in [-0.39, 0.29) is 44.8 Å². The second-order valence-electron chi connectivity index (χ2n) is 18.2. The van der Waals surface area contributed by atoms with E-state index in [0.29, 0.717) is 66.9 Å². The van der Waals surface area contributed by atoms with Gasteiger partial charge < -0.3 is 24.4 Å². The first-order valence-corrected chi connectivity index (χ1v) is 23.8. The number of unbranched alkanes of at least 4 members (excludes halogenated alkanes) is 3.